The van der Waals surface area contributed by atoms with Crippen LogP contribution >= 0.6 is 0 Å². The minimum Gasteiger partial charge on any atom is -0.363 e. The Kier molecular flexibility index (Phi) is 5.19. The van der Waals surface area contributed by atoms with Crippen LogP contribution in [0.1, 0.15) is 20.3 Å². The summed E-state index contributed by atoms with van der Waals surface area (Å²) in [7, 11) is -1.41. The van der Waals surface area contributed by atoms with Crippen LogP contribution in [0.15, 0.2) is 30.3 Å². The summed E-state index contributed by atoms with van der Waals surface area (Å²) in [5, 5.41) is 1.49. The molecule has 0 aliphatic carbocycles. The van der Waals surface area contributed by atoms with Crippen LogP contribution in [-0.2, 0) is 4.74 Å². The Balaban J connectivity index is 2.70. The highest BCUT2D eigenvalue weighted by Crippen LogP contribution is 2.22. The van der Waals surface area contributed by atoms with Gasteiger partial charge in [-0.3, -0.25) is 0 Å². The van der Waals surface area contributed by atoms with Crippen molar-refractivity contribution >= 4 is 13.3 Å². The van der Waals surface area contributed by atoms with Gasteiger partial charge in [-0.1, -0.05) is 54.5 Å². The molecule has 0 amide bonds. The Labute approximate surface area is 113 Å². The molecule has 1 nitrogen and oxygen atoms in total. The zero-order valence-corrected chi connectivity index (χ0v) is 13.0. The van der Waals surface area contributed by atoms with Crippen molar-refractivity contribution < 1.29 is 4.74 Å². The molecule has 1 rings (SSSR count). The number of hydrogen-bond donors (Lipinski definition) is 0. The molecule has 0 heterocycles. The van der Waals surface area contributed by atoms with Gasteiger partial charge in [-0.15, -0.1) is 6.42 Å². The molecule has 0 bridgehead atoms. The van der Waals surface area contributed by atoms with E-state index in [-0.39, 0.29) is 0 Å². The van der Waals surface area contributed by atoms with E-state index >= 15 is 0 Å². The fraction of sp³-hybridized carbons (Fsp3) is 0.500. The first-order chi connectivity index (χ1) is 8.43. The van der Waals surface area contributed by atoms with Gasteiger partial charge in [-0.25, -0.2) is 0 Å². The SMILES string of the molecule is C#CC(C)(CC[Si](C)(C)c1ccccc1)OCC. The van der Waals surface area contributed by atoms with Gasteiger partial charge in [0.05, 0.1) is 8.07 Å². The van der Waals surface area contributed by atoms with E-state index in [0.717, 1.165) is 12.5 Å². The molecular weight excluding hydrogens is 236 g/mol. The van der Waals surface area contributed by atoms with Gasteiger partial charge in [0, 0.05) is 6.61 Å². The maximum atomic E-state index is 5.70. The highest BCUT2D eigenvalue weighted by molar-refractivity contribution is 6.89. The van der Waals surface area contributed by atoms with Crippen molar-refractivity contribution in [3.63, 3.8) is 0 Å². The van der Waals surface area contributed by atoms with Crippen LogP contribution in [0.25, 0.3) is 0 Å². The van der Waals surface area contributed by atoms with E-state index in [1.165, 1.54) is 5.19 Å². The lowest BCUT2D eigenvalue weighted by Crippen LogP contribution is -2.43. The second-order valence-electron chi connectivity index (χ2n) is 5.56. The molecule has 18 heavy (non-hydrogen) atoms. The molecule has 2 heteroatoms. The van der Waals surface area contributed by atoms with Crippen LogP contribution in [0.5, 0.6) is 0 Å². The fourth-order valence-corrected chi connectivity index (χ4v) is 4.57. The van der Waals surface area contributed by atoms with Gasteiger partial charge in [0.1, 0.15) is 5.60 Å². The summed E-state index contributed by atoms with van der Waals surface area (Å²) in [5.41, 5.74) is -0.409. The minimum absolute atomic E-state index is 0.409. The predicted molar refractivity (Wildman–Crippen MR) is 81.8 cm³/mol. The van der Waals surface area contributed by atoms with Crippen molar-refractivity contribution in [2.45, 2.75) is 45.0 Å². The van der Waals surface area contributed by atoms with Crippen LogP contribution in [0, 0.1) is 12.3 Å². The molecule has 0 aliphatic rings. The third-order valence-electron chi connectivity index (χ3n) is 3.55. The molecule has 0 saturated heterocycles. The second kappa shape index (κ2) is 6.22. The zero-order chi connectivity index (χ0) is 13.6. The summed E-state index contributed by atoms with van der Waals surface area (Å²) in [6.45, 7) is 9.48. The molecule has 0 fully saturated rings. The van der Waals surface area contributed by atoms with E-state index in [4.69, 9.17) is 11.2 Å². The van der Waals surface area contributed by atoms with Gasteiger partial charge < -0.3 is 4.74 Å². The van der Waals surface area contributed by atoms with Gasteiger partial charge in [-0.2, -0.15) is 0 Å². The molecule has 1 aromatic carbocycles. The molecule has 0 saturated carbocycles. The van der Waals surface area contributed by atoms with Crippen molar-refractivity contribution in [3.05, 3.63) is 30.3 Å². The summed E-state index contributed by atoms with van der Waals surface area (Å²) >= 11 is 0. The Morgan fingerprint density at radius 1 is 1.28 bits per heavy atom. The summed E-state index contributed by atoms with van der Waals surface area (Å²) < 4.78 is 5.70. The summed E-state index contributed by atoms with van der Waals surface area (Å²) in [5.74, 6) is 2.80. The molecule has 0 radical (unpaired) electrons. The predicted octanol–water partition coefficient (Wildman–Crippen LogP) is 3.42. The van der Waals surface area contributed by atoms with Crippen molar-refractivity contribution in [1.82, 2.24) is 0 Å². The molecule has 1 unspecified atom stereocenters. The first kappa shape index (κ1) is 15.0. The Bertz CT molecular complexity index is 405. The number of ether oxygens (including phenoxy) is 1. The standard InChI is InChI=1S/C16H24OSi/c1-6-16(3,17-7-2)13-14-18(4,5)15-11-9-8-10-12-15/h1,8-12H,7,13-14H2,2-5H3. The van der Waals surface area contributed by atoms with Crippen LogP contribution in [-0.4, -0.2) is 20.3 Å². The molecule has 0 N–H and O–H groups in total. The molecule has 0 spiro atoms. The Morgan fingerprint density at radius 2 is 1.89 bits per heavy atom. The Hall–Kier alpha value is -1.04. The molecule has 98 valence electrons. The molecule has 1 atom stereocenters. The smallest absolute Gasteiger partial charge is 0.125 e. The van der Waals surface area contributed by atoms with Crippen molar-refractivity contribution in [1.29, 1.82) is 0 Å². The van der Waals surface area contributed by atoms with Gasteiger partial charge in [0.15, 0.2) is 0 Å². The van der Waals surface area contributed by atoms with Gasteiger partial charge in [0.2, 0.25) is 0 Å². The zero-order valence-electron chi connectivity index (χ0n) is 12.0. The average molecular weight is 260 g/mol. The lowest BCUT2D eigenvalue weighted by atomic mass is 10.1. The maximum absolute atomic E-state index is 5.70. The quantitative estimate of drug-likeness (QED) is 0.562. The monoisotopic (exact) mass is 260 g/mol. The van der Waals surface area contributed by atoms with E-state index in [1.54, 1.807) is 0 Å². The Morgan fingerprint density at radius 3 is 2.39 bits per heavy atom. The topological polar surface area (TPSA) is 9.23 Å². The normalized spacial score (nSPS) is 14.8. The van der Waals surface area contributed by atoms with Crippen molar-refractivity contribution in [2.24, 2.45) is 0 Å². The number of hydrogen-bond acceptors (Lipinski definition) is 1. The van der Waals surface area contributed by atoms with Gasteiger partial charge >= 0.3 is 0 Å². The highest BCUT2D eigenvalue weighted by atomic mass is 28.3. The van der Waals surface area contributed by atoms with Crippen LogP contribution in [0.2, 0.25) is 19.1 Å². The summed E-state index contributed by atoms with van der Waals surface area (Å²) in [6.07, 6.45) is 6.54. The largest absolute Gasteiger partial charge is 0.363 e. The summed E-state index contributed by atoms with van der Waals surface area (Å²) in [6, 6.07) is 11.9. The second-order valence-corrected chi connectivity index (χ2v) is 10.4. The highest BCUT2D eigenvalue weighted by Gasteiger charge is 2.29. The third kappa shape index (κ3) is 4.01. The molecular formula is C16H24OSi. The molecule has 1 aromatic rings. The first-order valence-corrected chi connectivity index (χ1v) is 9.81. The van der Waals surface area contributed by atoms with Crippen molar-refractivity contribution in [2.75, 3.05) is 6.61 Å². The first-order valence-electron chi connectivity index (χ1n) is 6.61. The lowest BCUT2D eigenvalue weighted by Gasteiger charge is -2.29. The number of benzene rings is 1. The third-order valence-corrected chi connectivity index (χ3v) is 6.95. The van der Waals surface area contributed by atoms with E-state index in [1.807, 2.05) is 13.8 Å². The fourth-order valence-electron chi connectivity index (χ4n) is 2.09. The van der Waals surface area contributed by atoms with E-state index < -0.39 is 13.7 Å². The van der Waals surface area contributed by atoms with Crippen molar-refractivity contribution in [3.8, 4) is 12.3 Å². The minimum atomic E-state index is -1.41. The van der Waals surface area contributed by atoms with E-state index in [9.17, 15) is 0 Å². The molecule has 0 aromatic heterocycles. The summed E-state index contributed by atoms with van der Waals surface area (Å²) in [4.78, 5) is 0. The van der Waals surface area contributed by atoms with Gasteiger partial charge in [0.25, 0.3) is 0 Å². The van der Waals surface area contributed by atoms with Crippen LogP contribution in [0.3, 0.4) is 0 Å². The lowest BCUT2D eigenvalue weighted by molar-refractivity contribution is 0.0188. The van der Waals surface area contributed by atoms with Gasteiger partial charge in [-0.05, 0) is 26.3 Å². The van der Waals surface area contributed by atoms with Crippen LogP contribution < -0.4 is 5.19 Å². The average Bonchev–Trinajstić information content (AvgIpc) is 2.38. The number of terminal acetylenes is 1. The number of rotatable bonds is 6. The van der Waals surface area contributed by atoms with E-state index in [2.05, 4.69) is 49.3 Å². The van der Waals surface area contributed by atoms with E-state index in [0.29, 0.717) is 6.61 Å². The molecule has 0 aliphatic heterocycles. The van der Waals surface area contributed by atoms with Crippen LogP contribution in [0.4, 0.5) is 0 Å². The maximum Gasteiger partial charge on any atom is 0.125 e.